The summed E-state index contributed by atoms with van der Waals surface area (Å²) in [5.41, 5.74) is 0.838. The van der Waals surface area contributed by atoms with Gasteiger partial charge in [-0.2, -0.15) is 4.31 Å². The van der Waals surface area contributed by atoms with Crippen molar-refractivity contribution in [3.63, 3.8) is 0 Å². The van der Waals surface area contributed by atoms with Crippen LogP contribution in [0.25, 0.3) is 0 Å². The molecule has 1 N–H and O–H groups in total. The number of hydrogen-bond acceptors (Lipinski definition) is 5. The van der Waals surface area contributed by atoms with Gasteiger partial charge in [-0.05, 0) is 12.0 Å². The molecule has 1 saturated heterocycles. The Morgan fingerprint density at radius 3 is 2.50 bits per heavy atom. The molecule has 0 bridgehead atoms. The van der Waals surface area contributed by atoms with Gasteiger partial charge < -0.3 is 5.32 Å². The van der Waals surface area contributed by atoms with E-state index in [4.69, 9.17) is 0 Å². The highest BCUT2D eigenvalue weighted by atomic mass is 32.2. The number of nitrogens with one attached hydrogen (secondary N) is 1. The molecule has 1 atom stereocenters. The van der Waals surface area contributed by atoms with Crippen LogP contribution in [0.3, 0.4) is 0 Å². The molecule has 1 aromatic carbocycles. The van der Waals surface area contributed by atoms with Crippen LogP contribution in [-0.4, -0.2) is 57.4 Å². The highest BCUT2D eigenvalue weighted by Crippen LogP contribution is 2.12. The van der Waals surface area contributed by atoms with E-state index in [1.165, 1.54) is 4.31 Å². The van der Waals surface area contributed by atoms with E-state index < -0.39 is 19.9 Å². The van der Waals surface area contributed by atoms with Crippen molar-refractivity contribution >= 4 is 25.8 Å². The van der Waals surface area contributed by atoms with Gasteiger partial charge in [0.2, 0.25) is 15.9 Å². The van der Waals surface area contributed by atoms with Crippen LogP contribution < -0.4 is 5.32 Å². The van der Waals surface area contributed by atoms with Crippen molar-refractivity contribution in [2.75, 3.05) is 24.3 Å². The lowest BCUT2D eigenvalue weighted by Crippen LogP contribution is -2.38. The van der Waals surface area contributed by atoms with Crippen LogP contribution >= 0.6 is 0 Å². The van der Waals surface area contributed by atoms with Crippen LogP contribution in [-0.2, 0) is 31.2 Å². The lowest BCUT2D eigenvalue weighted by molar-refractivity contribution is -0.121. The number of nitrogens with zero attached hydrogens (tertiary/aromatic N) is 1. The zero-order valence-electron chi connectivity index (χ0n) is 13.5. The van der Waals surface area contributed by atoms with Crippen molar-refractivity contribution < 1.29 is 21.6 Å². The van der Waals surface area contributed by atoms with Crippen LogP contribution in [0.4, 0.5) is 0 Å². The van der Waals surface area contributed by atoms with Crippen LogP contribution in [0.5, 0.6) is 0 Å². The number of sulfone groups is 1. The first kappa shape index (κ1) is 18.9. The third-order valence-corrected chi connectivity index (χ3v) is 6.87. The van der Waals surface area contributed by atoms with Gasteiger partial charge in [0.05, 0.1) is 17.8 Å². The molecular weight excluding hydrogens is 352 g/mol. The number of amides is 1. The fraction of sp³-hybridized carbons (Fsp3) is 0.533. The van der Waals surface area contributed by atoms with Crippen molar-refractivity contribution in [2.24, 2.45) is 0 Å². The quantitative estimate of drug-likeness (QED) is 0.732. The molecule has 1 fully saturated rings. The standard InChI is InChI=1S/C15H22N2O5S2/c1-23(19,20)17(11-13-5-3-2-4-6-13)9-7-15(18)16-14-8-10-24(21,22)12-14/h2-6,14H,7-12H2,1H3,(H,16,18). The largest absolute Gasteiger partial charge is 0.352 e. The second kappa shape index (κ2) is 7.62. The summed E-state index contributed by atoms with van der Waals surface area (Å²) in [4.78, 5) is 12.0. The summed E-state index contributed by atoms with van der Waals surface area (Å²) >= 11 is 0. The normalized spacial score (nSPS) is 20.2. The number of hydrogen-bond donors (Lipinski definition) is 1. The van der Waals surface area contributed by atoms with Gasteiger partial charge >= 0.3 is 0 Å². The van der Waals surface area contributed by atoms with E-state index in [9.17, 15) is 21.6 Å². The molecule has 2 rings (SSSR count). The molecule has 0 aromatic heterocycles. The molecule has 0 radical (unpaired) electrons. The Hall–Kier alpha value is -1.45. The van der Waals surface area contributed by atoms with Gasteiger partial charge in [-0.15, -0.1) is 0 Å². The second-order valence-corrected chi connectivity index (χ2v) is 10.2. The number of carbonyl (C=O) groups excluding carboxylic acids is 1. The molecule has 134 valence electrons. The predicted octanol–water partition coefficient (Wildman–Crippen LogP) is 0.142. The summed E-state index contributed by atoms with van der Waals surface area (Å²) in [5.74, 6) is -0.293. The topological polar surface area (TPSA) is 101 Å². The maximum Gasteiger partial charge on any atom is 0.221 e. The van der Waals surface area contributed by atoms with Crippen molar-refractivity contribution in [1.82, 2.24) is 9.62 Å². The minimum atomic E-state index is -3.45. The van der Waals surface area contributed by atoms with E-state index in [-0.39, 0.29) is 43.0 Å². The fourth-order valence-electron chi connectivity index (χ4n) is 2.58. The molecule has 1 aliphatic heterocycles. The smallest absolute Gasteiger partial charge is 0.221 e. The molecule has 9 heteroatoms. The van der Waals surface area contributed by atoms with E-state index in [0.717, 1.165) is 11.8 Å². The maximum atomic E-state index is 12.0. The van der Waals surface area contributed by atoms with Crippen LogP contribution in [0.1, 0.15) is 18.4 Å². The first-order valence-electron chi connectivity index (χ1n) is 7.64. The highest BCUT2D eigenvalue weighted by Gasteiger charge is 2.29. The molecular formula is C15H22N2O5S2. The van der Waals surface area contributed by atoms with Gasteiger partial charge in [0.25, 0.3) is 0 Å². The summed E-state index contributed by atoms with van der Waals surface area (Å²) in [6, 6.07) is 8.76. The zero-order chi connectivity index (χ0) is 17.8. The summed E-state index contributed by atoms with van der Waals surface area (Å²) < 4.78 is 47.8. The molecule has 0 aliphatic carbocycles. The monoisotopic (exact) mass is 374 g/mol. The summed E-state index contributed by atoms with van der Waals surface area (Å²) in [5, 5.41) is 2.67. The number of benzene rings is 1. The molecule has 1 aliphatic rings. The van der Waals surface area contributed by atoms with E-state index in [1.807, 2.05) is 30.3 Å². The van der Waals surface area contributed by atoms with Gasteiger partial charge in [-0.3, -0.25) is 4.79 Å². The SMILES string of the molecule is CS(=O)(=O)N(CCC(=O)NC1CCS(=O)(=O)C1)Cc1ccccc1. The first-order chi connectivity index (χ1) is 11.2. The Balaban J connectivity index is 1.90. The van der Waals surface area contributed by atoms with Gasteiger partial charge in [-0.1, -0.05) is 30.3 Å². The predicted molar refractivity (Wildman–Crippen MR) is 91.5 cm³/mol. The summed E-state index contributed by atoms with van der Waals surface area (Å²) in [7, 11) is -6.50. The lowest BCUT2D eigenvalue weighted by atomic mass is 10.2. The molecule has 1 heterocycles. The van der Waals surface area contributed by atoms with Gasteiger partial charge in [0.15, 0.2) is 9.84 Å². The summed E-state index contributed by atoms with van der Waals surface area (Å²) in [6.07, 6.45) is 1.52. The van der Waals surface area contributed by atoms with Crippen LogP contribution in [0, 0.1) is 0 Å². The Morgan fingerprint density at radius 2 is 1.96 bits per heavy atom. The lowest BCUT2D eigenvalue weighted by Gasteiger charge is -2.20. The molecule has 0 saturated carbocycles. The van der Waals surface area contributed by atoms with Crippen LogP contribution in [0.2, 0.25) is 0 Å². The second-order valence-electron chi connectivity index (χ2n) is 6.00. The Kier molecular flexibility index (Phi) is 6.00. The van der Waals surface area contributed by atoms with Crippen molar-refractivity contribution in [3.8, 4) is 0 Å². The highest BCUT2D eigenvalue weighted by molar-refractivity contribution is 7.91. The Labute approximate surface area is 143 Å². The third-order valence-electron chi connectivity index (χ3n) is 3.86. The number of rotatable bonds is 7. The van der Waals surface area contributed by atoms with Gasteiger partial charge in [0, 0.05) is 25.6 Å². The number of carbonyl (C=O) groups is 1. The first-order valence-corrected chi connectivity index (χ1v) is 11.3. The minimum absolute atomic E-state index is 0.00352. The van der Waals surface area contributed by atoms with Crippen molar-refractivity contribution in [2.45, 2.75) is 25.4 Å². The Bertz CT molecular complexity index is 775. The summed E-state index contributed by atoms with van der Waals surface area (Å²) in [6.45, 7) is 0.254. The molecule has 0 spiro atoms. The van der Waals surface area contributed by atoms with E-state index in [1.54, 1.807) is 0 Å². The maximum absolute atomic E-state index is 12.0. The molecule has 24 heavy (non-hydrogen) atoms. The van der Waals surface area contributed by atoms with Gasteiger partial charge in [0.1, 0.15) is 0 Å². The van der Waals surface area contributed by atoms with E-state index in [0.29, 0.717) is 6.42 Å². The number of sulfonamides is 1. The van der Waals surface area contributed by atoms with E-state index >= 15 is 0 Å². The zero-order valence-corrected chi connectivity index (χ0v) is 15.1. The molecule has 1 amide bonds. The molecule has 1 unspecified atom stereocenters. The van der Waals surface area contributed by atoms with Crippen molar-refractivity contribution in [3.05, 3.63) is 35.9 Å². The average Bonchev–Trinajstić information content (AvgIpc) is 2.82. The average molecular weight is 374 g/mol. The van der Waals surface area contributed by atoms with Crippen LogP contribution in [0.15, 0.2) is 30.3 Å². The minimum Gasteiger partial charge on any atom is -0.352 e. The fourth-order valence-corrected chi connectivity index (χ4v) is 5.06. The van der Waals surface area contributed by atoms with Gasteiger partial charge in [-0.25, -0.2) is 16.8 Å². The molecule has 7 nitrogen and oxygen atoms in total. The molecule has 1 aromatic rings. The Morgan fingerprint density at radius 1 is 1.29 bits per heavy atom. The van der Waals surface area contributed by atoms with Crippen molar-refractivity contribution in [1.29, 1.82) is 0 Å². The third kappa shape index (κ3) is 5.88. The van der Waals surface area contributed by atoms with E-state index in [2.05, 4.69) is 5.32 Å².